The molecule has 2 heteroatoms. The molecule has 4 fully saturated rings. The van der Waals surface area contributed by atoms with Gasteiger partial charge in [-0.1, -0.05) is 63.2 Å². The molecular formula is C38H54O2. The average molecular weight is 543 g/mol. The van der Waals surface area contributed by atoms with E-state index < -0.39 is 0 Å². The van der Waals surface area contributed by atoms with Gasteiger partial charge in [-0.15, -0.1) is 0 Å². The van der Waals surface area contributed by atoms with Gasteiger partial charge in [-0.05, 0) is 130 Å². The van der Waals surface area contributed by atoms with E-state index in [2.05, 4.69) is 61.8 Å². The Hall–Kier alpha value is -1.74. The van der Waals surface area contributed by atoms with E-state index in [0.717, 1.165) is 65.9 Å². The predicted octanol–water partition coefficient (Wildman–Crippen LogP) is 9.05. The van der Waals surface area contributed by atoms with Gasteiger partial charge in [0.25, 0.3) is 0 Å². The van der Waals surface area contributed by atoms with Crippen molar-refractivity contribution in [1.29, 1.82) is 0 Å². The van der Waals surface area contributed by atoms with Gasteiger partial charge in [0.15, 0.2) is 0 Å². The summed E-state index contributed by atoms with van der Waals surface area (Å²) in [5, 5.41) is 0. The molecule has 218 valence electrons. The van der Waals surface area contributed by atoms with Crippen molar-refractivity contribution in [2.75, 3.05) is 14.2 Å². The minimum atomic E-state index is -0.278. The SMILES string of the molecule is COC1CCC(C2CCC(C)CC2)CC1C#Cc1ccc(C#CC2(OC)CCC(C3CCC(C)CC3)CC2)cc1. The molecule has 0 saturated heterocycles. The number of benzene rings is 1. The molecular weight excluding hydrogens is 488 g/mol. The first-order valence-corrected chi connectivity index (χ1v) is 16.7. The van der Waals surface area contributed by atoms with E-state index >= 15 is 0 Å². The predicted molar refractivity (Wildman–Crippen MR) is 166 cm³/mol. The van der Waals surface area contributed by atoms with Gasteiger partial charge in [-0.25, -0.2) is 0 Å². The van der Waals surface area contributed by atoms with Crippen LogP contribution < -0.4 is 0 Å². The molecule has 4 aliphatic rings. The van der Waals surface area contributed by atoms with E-state index in [4.69, 9.17) is 9.47 Å². The molecule has 1 aromatic carbocycles. The summed E-state index contributed by atoms with van der Waals surface area (Å²) in [6.07, 6.45) is 20.0. The smallest absolute Gasteiger partial charge is 0.128 e. The van der Waals surface area contributed by atoms with E-state index in [-0.39, 0.29) is 11.7 Å². The highest BCUT2D eigenvalue weighted by atomic mass is 16.5. The maximum absolute atomic E-state index is 6.05. The molecule has 5 rings (SSSR count). The number of hydrogen-bond donors (Lipinski definition) is 0. The van der Waals surface area contributed by atoms with E-state index in [9.17, 15) is 0 Å². The first-order valence-electron chi connectivity index (χ1n) is 16.7. The summed E-state index contributed by atoms with van der Waals surface area (Å²) in [6.45, 7) is 4.84. The van der Waals surface area contributed by atoms with Crippen molar-refractivity contribution in [3.05, 3.63) is 35.4 Å². The van der Waals surface area contributed by atoms with Crippen molar-refractivity contribution >= 4 is 0 Å². The van der Waals surface area contributed by atoms with Crippen LogP contribution in [0.1, 0.15) is 121 Å². The molecule has 0 N–H and O–H groups in total. The molecule has 4 aliphatic carbocycles. The van der Waals surface area contributed by atoms with Crippen LogP contribution in [0.3, 0.4) is 0 Å². The zero-order valence-corrected chi connectivity index (χ0v) is 25.9. The molecule has 2 nitrogen and oxygen atoms in total. The van der Waals surface area contributed by atoms with Crippen molar-refractivity contribution in [1.82, 2.24) is 0 Å². The second kappa shape index (κ2) is 14.0. The van der Waals surface area contributed by atoms with Crippen LogP contribution in [0.2, 0.25) is 0 Å². The van der Waals surface area contributed by atoms with Gasteiger partial charge in [-0.2, -0.15) is 0 Å². The highest BCUT2D eigenvalue weighted by Crippen LogP contribution is 2.44. The summed E-state index contributed by atoms with van der Waals surface area (Å²) in [5.74, 6) is 19.9. The van der Waals surface area contributed by atoms with Crippen LogP contribution in [-0.2, 0) is 9.47 Å². The van der Waals surface area contributed by atoms with Gasteiger partial charge in [0.05, 0.1) is 6.10 Å². The van der Waals surface area contributed by atoms with E-state index in [1.165, 1.54) is 77.0 Å². The van der Waals surface area contributed by atoms with Crippen LogP contribution in [0, 0.1) is 65.1 Å². The topological polar surface area (TPSA) is 18.5 Å². The summed E-state index contributed by atoms with van der Waals surface area (Å²) in [5.41, 5.74) is 1.86. The molecule has 0 bridgehead atoms. The van der Waals surface area contributed by atoms with Gasteiger partial charge in [0, 0.05) is 31.3 Å². The fourth-order valence-electron chi connectivity index (χ4n) is 8.51. The Labute approximate surface area is 245 Å². The van der Waals surface area contributed by atoms with Crippen molar-refractivity contribution in [2.24, 2.45) is 41.4 Å². The van der Waals surface area contributed by atoms with Gasteiger partial charge in [-0.3, -0.25) is 0 Å². The zero-order valence-electron chi connectivity index (χ0n) is 25.9. The third-order valence-electron chi connectivity index (χ3n) is 11.5. The molecule has 3 atom stereocenters. The van der Waals surface area contributed by atoms with E-state index in [1.54, 1.807) is 0 Å². The van der Waals surface area contributed by atoms with Crippen LogP contribution in [0.5, 0.6) is 0 Å². The average Bonchev–Trinajstić information content (AvgIpc) is 3.00. The monoisotopic (exact) mass is 542 g/mol. The lowest BCUT2D eigenvalue weighted by Crippen LogP contribution is -2.37. The summed E-state index contributed by atoms with van der Waals surface area (Å²) in [4.78, 5) is 0. The second-order valence-corrected chi connectivity index (χ2v) is 14.1. The Morgan fingerprint density at radius 1 is 0.625 bits per heavy atom. The minimum absolute atomic E-state index is 0.276. The molecule has 1 aromatic rings. The van der Waals surface area contributed by atoms with E-state index in [1.807, 2.05) is 14.2 Å². The van der Waals surface area contributed by atoms with Gasteiger partial charge < -0.3 is 9.47 Å². The Kier molecular flexibility index (Phi) is 10.4. The van der Waals surface area contributed by atoms with Gasteiger partial charge in [0.2, 0.25) is 0 Å². The summed E-state index contributed by atoms with van der Waals surface area (Å²) in [6, 6.07) is 8.55. The maximum atomic E-state index is 6.05. The van der Waals surface area contributed by atoms with E-state index in [0.29, 0.717) is 5.92 Å². The molecule has 0 aliphatic heterocycles. The lowest BCUT2D eigenvalue weighted by atomic mass is 9.68. The third kappa shape index (κ3) is 7.55. The molecule has 0 amide bonds. The quantitative estimate of drug-likeness (QED) is 0.353. The lowest BCUT2D eigenvalue weighted by molar-refractivity contribution is -0.0124. The van der Waals surface area contributed by atoms with Gasteiger partial charge >= 0.3 is 0 Å². The van der Waals surface area contributed by atoms with Crippen LogP contribution in [0.4, 0.5) is 0 Å². The summed E-state index contributed by atoms with van der Waals surface area (Å²) >= 11 is 0. The molecule has 0 radical (unpaired) electrons. The Morgan fingerprint density at radius 2 is 1.12 bits per heavy atom. The lowest BCUT2D eigenvalue weighted by Gasteiger charge is -2.40. The molecule has 0 heterocycles. The maximum Gasteiger partial charge on any atom is 0.128 e. The van der Waals surface area contributed by atoms with Crippen molar-refractivity contribution < 1.29 is 9.47 Å². The van der Waals surface area contributed by atoms with Crippen LogP contribution in [-0.4, -0.2) is 25.9 Å². The largest absolute Gasteiger partial charge is 0.380 e. The van der Waals surface area contributed by atoms with Crippen molar-refractivity contribution in [2.45, 2.75) is 122 Å². The zero-order chi connectivity index (χ0) is 28.0. The Morgan fingerprint density at radius 3 is 1.68 bits per heavy atom. The second-order valence-electron chi connectivity index (χ2n) is 14.1. The molecule has 3 unspecified atom stereocenters. The standard InChI is InChI=1S/C38H54O2/c1-28-5-14-32(15-6-28)34-22-25-38(40-4,26-23-34)24-21-31-11-9-30(10-12-31)13-18-36-27-35(19-20-37(36)39-3)33-16-7-29(2)8-17-33/h9-12,28-29,32-37H,5-8,14-17,19-20,22-23,25-27H2,1-4H3. The first-order chi connectivity index (χ1) is 19.5. The number of hydrogen-bond acceptors (Lipinski definition) is 2. The fraction of sp³-hybridized carbons (Fsp3) is 0.737. The van der Waals surface area contributed by atoms with Crippen molar-refractivity contribution in [3.63, 3.8) is 0 Å². The van der Waals surface area contributed by atoms with Crippen LogP contribution >= 0.6 is 0 Å². The number of ether oxygens (including phenoxy) is 2. The highest BCUT2D eigenvalue weighted by molar-refractivity contribution is 5.43. The summed E-state index contributed by atoms with van der Waals surface area (Å²) in [7, 11) is 3.72. The van der Waals surface area contributed by atoms with Crippen molar-refractivity contribution in [3.8, 4) is 23.7 Å². The molecule has 0 aromatic heterocycles. The van der Waals surface area contributed by atoms with Crippen LogP contribution in [0.25, 0.3) is 0 Å². The fourth-order valence-corrected chi connectivity index (χ4v) is 8.51. The third-order valence-corrected chi connectivity index (χ3v) is 11.5. The normalized spacial score (nSPS) is 38.4. The number of methoxy groups -OCH3 is 2. The Balaban J connectivity index is 1.17. The molecule has 4 saturated carbocycles. The first kappa shape index (κ1) is 29.7. The Bertz CT molecular complexity index is 1040. The number of rotatable bonds is 4. The minimum Gasteiger partial charge on any atom is -0.380 e. The van der Waals surface area contributed by atoms with Crippen LogP contribution in [0.15, 0.2) is 24.3 Å². The molecule has 40 heavy (non-hydrogen) atoms. The highest BCUT2D eigenvalue weighted by Gasteiger charge is 2.37. The summed E-state index contributed by atoms with van der Waals surface area (Å²) < 4.78 is 11.9. The van der Waals surface area contributed by atoms with Gasteiger partial charge in [0.1, 0.15) is 5.60 Å². The molecule has 0 spiro atoms.